The average Bonchev–Trinajstić information content (AvgIpc) is 3.17. The van der Waals surface area contributed by atoms with Crippen LogP contribution in [-0.4, -0.2) is 28.3 Å². The lowest BCUT2D eigenvalue weighted by molar-refractivity contribution is 0.354. The van der Waals surface area contributed by atoms with Gasteiger partial charge in [0.15, 0.2) is 11.5 Å². The van der Waals surface area contributed by atoms with E-state index in [1.165, 1.54) is 0 Å². The third-order valence-corrected chi connectivity index (χ3v) is 6.25. The molecule has 172 valence electrons. The second-order valence-electron chi connectivity index (χ2n) is 8.47. The van der Waals surface area contributed by atoms with Crippen LogP contribution >= 0.6 is 0 Å². The van der Waals surface area contributed by atoms with Gasteiger partial charge in [-0.3, -0.25) is 9.36 Å². The highest BCUT2D eigenvalue weighted by molar-refractivity contribution is 6.05. The molecule has 5 aromatic rings. The molecule has 0 atom stereocenters. The van der Waals surface area contributed by atoms with Gasteiger partial charge in [-0.1, -0.05) is 48.0 Å². The van der Waals surface area contributed by atoms with Crippen LogP contribution in [0.1, 0.15) is 16.7 Å². The highest BCUT2D eigenvalue weighted by atomic mass is 16.5. The van der Waals surface area contributed by atoms with Crippen LogP contribution in [-0.2, 0) is 19.5 Å². The van der Waals surface area contributed by atoms with E-state index >= 15 is 0 Å². The number of aryl methyl sites for hydroxylation is 3. The molecule has 0 amide bonds. The molecule has 0 aliphatic heterocycles. The molecule has 5 rings (SSSR count). The zero-order chi connectivity index (χ0) is 23.7. The molecule has 0 aliphatic carbocycles. The molecule has 0 bridgehead atoms. The van der Waals surface area contributed by atoms with Crippen molar-refractivity contribution in [1.82, 2.24) is 14.1 Å². The largest absolute Gasteiger partial charge is 0.493 e. The number of nitrogens with zero attached hydrogens (tertiary/aromatic N) is 3. The van der Waals surface area contributed by atoms with Gasteiger partial charge in [-0.25, -0.2) is 4.98 Å². The molecule has 0 aliphatic rings. The maximum atomic E-state index is 13.7. The van der Waals surface area contributed by atoms with Crippen molar-refractivity contribution in [2.75, 3.05) is 14.2 Å². The summed E-state index contributed by atoms with van der Waals surface area (Å²) >= 11 is 0. The standard InChI is InChI=1S/C28H27N3O3/c1-19-9-11-23-22(15-19)26-27(31(23)17-21-7-5-4-6-8-21)28(32)30(18-29-26)14-13-20-10-12-24(33-2)25(16-20)34-3/h4-12,15-16,18H,13-14,17H2,1-3H3. The Balaban J connectivity index is 1.57. The van der Waals surface area contributed by atoms with Crippen molar-refractivity contribution >= 4 is 21.9 Å². The van der Waals surface area contributed by atoms with Gasteiger partial charge in [0.2, 0.25) is 0 Å². The number of hydrogen-bond donors (Lipinski definition) is 0. The number of hydrogen-bond acceptors (Lipinski definition) is 4. The van der Waals surface area contributed by atoms with E-state index in [1.54, 1.807) is 25.1 Å². The van der Waals surface area contributed by atoms with E-state index in [2.05, 4.69) is 41.8 Å². The summed E-state index contributed by atoms with van der Waals surface area (Å²) < 4.78 is 14.5. The van der Waals surface area contributed by atoms with Crippen molar-refractivity contribution in [2.24, 2.45) is 0 Å². The predicted molar refractivity (Wildman–Crippen MR) is 135 cm³/mol. The second kappa shape index (κ2) is 9.06. The highest BCUT2D eigenvalue weighted by Gasteiger charge is 2.17. The summed E-state index contributed by atoms with van der Waals surface area (Å²) in [4.78, 5) is 18.4. The fraction of sp³-hybridized carbons (Fsp3) is 0.214. The quantitative estimate of drug-likeness (QED) is 0.349. The maximum absolute atomic E-state index is 13.7. The first-order valence-electron chi connectivity index (χ1n) is 11.3. The van der Waals surface area contributed by atoms with E-state index in [4.69, 9.17) is 14.5 Å². The molecule has 0 spiro atoms. The molecule has 0 saturated carbocycles. The van der Waals surface area contributed by atoms with Crippen molar-refractivity contribution in [3.8, 4) is 11.5 Å². The summed E-state index contributed by atoms with van der Waals surface area (Å²) in [7, 11) is 3.24. The van der Waals surface area contributed by atoms with Crippen LogP contribution in [0.5, 0.6) is 11.5 Å². The number of rotatable bonds is 7. The van der Waals surface area contributed by atoms with Crippen LogP contribution in [0.25, 0.3) is 21.9 Å². The van der Waals surface area contributed by atoms with Gasteiger partial charge in [0.05, 0.1) is 26.1 Å². The van der Waals surface area contributed by atoms with E-state index in [9.17, 15) is 4.79 Å². The van der Waals surface area contributed by atoms with Crippen molar-refractivity contribution in [3.63, 3.8) is 0 Å². The number of benzene rings is 3. The summed E-state index contributed by atoms with van der Waals surface area (Å²) in [5.41, 5.74) is 5.72. The fourth-order valence-electron chi connectivity index (χ4n) is 4.49. The van der Waals surface area contributed by atoms with E-state index in [0.717, 1.165) is 33.1 Å². The summed E-state index contributed by atoms with van der Waals surface area (Å²) in [5, 5.41) is 1.01. The third kappa shape index (κ3) is 3.92. The Kier molecular flexibility index (Phi) is 5.80. The Hall–Kier alpha value is -4.06. The molecule has 0 radical (unpaired) electrons. The van der Waals surface area contributed by atoms with Gasteiger partial charge >= 0.3 is 0 Å². The predicted octanol–water partition coefficient (Wildman–Crippen LogP) is 4.97. The first kappa shape index (κ1) is 21.8. The molecule has 0 unspecified atom stereocenters. The lowest BCUT2D eigenvalue weighted by Gasteiger charge is -2.11. The van der Waals surface area contributed by atoms with E-state index in [-0.39, 0.29) is 5.56 Å². The third-order valence-electron chi connectivity index (χ3n) is 6.25. The molecule has 2 heterocycles. The summed E-state index contributed by atoms with van der Waals surface area (Å²) in [5.74, 6) is 1.37. The Labute approximate surface area is 198 Å². The Bertz CT molecular complexity index is 1530. The lowest BCUT2D eigenvalue weighted by atomic mass is 10.1. The van der Waals surface area contributed by atoms with Crippen LogP contribution in [0, 0.1) is 6.92 Å². The SMILES string of the molecule is COc1ccc(CCn2cnc3c4cc(C)ccc4n(Cc4ccccc4)c3c2=O)cc1OC. The average molecular weight is 454 g/mol. The summed E-state index contributed by atoms with van der Waals surface area (Å²) in [6.07, 6.45) is 2.34. The molecule has 34 heavy (non-hydrogen) atoms. The first-order valence-corrected chi connectivity index (χ1v) is 11.3. The van der Waals surface area contributed by atoms with Gasteiger partial charge in [-0.2, -0.15) is 0 Å². The minimum Gasteiger partial charge on any atom is -0.493 e. The van der Waals surface area contributed by atoms with Gasteiger partial charge in [0.25, 0.3) is 5.56 Å². The normalized spacial score (nSPS) is 11.3. The van der Waals surface area contributed by atoms with Crippen LogP contribution in [0.4, 0.5) is 0 Å². The van der Waals surface area contributed by atoms with E-state index < -0.39 is 0 Å². The van der Waals surface area contributed by atoms with Gasteiger partial charge < -0.3 is 14.0 Å². The van der Waals surface area contributed by atoms with Crippen LogP contribution in [0.3, 0.4) is 0 Å². The Morgan fingerprint density at radius 2 is 1.68 bits per heavy atom. The molecular weight excluding hydrogens is 426 g/mol. The minimum absolute atomic E-state index is 0.0322. The fourth-order valence-corrected chi connectivity index (χ4v) is 4.49. The first-order chi connectivity index (χ1) is 16.6. The molecule has 6 heteroatoms. The molecule has 2 aromatic heterocycles. The number of aromatic nitrogens is 3. The van der Waals surface area contributed by atoms with Crippen molar-refractivity contribution < 1.29 is 9.47 Å². The molecule has 6 nitrogen and oxygen atoms in total. The minimum atomic E-state index is -0.0322. The summed E-state index contributed by atoms with van der Waals surface area (Å²) in [6.45, 7) is 3.19. The number of fused-ring (bicyclic) bond motifs is 3. The van der Waals surface area contributed by atoms with Crippen molar-refractivity contribution in [2.45, 2.75) is 26.4 Å². The van der Waals surface area contributed by atoms with E-state index in [0.29, 0.717) is 36.5 Å². The number of ether oxygens (including phenoxy) is 2. The highest BCUT2D eigenvalue weighted by Crippen LogP contribution is 2.29. The lowest BCUT2D eigenvalue weighted by Crippen LogP contribution is -2.23. The second-order valence-corrected chi connectivity index (χ2v) is 8.47. The maximum Gasteiger partial charge on any atom is 0.277 e. The molecule has 0 N–H and O–H groups in total. The van der Waals surface area contributed by atoms with Crippen LogP contribution in [0.2, 0.25) is 0 Å². The van der Waals surface area contributed by atoms with Crippen molar-refractivity contribution in [3.05, 3.63) is 100 Å². The topological polar surface area (TPSA) is 58.3 Å². The summed E-state index contributed by atoms with van der Waals surface area (Å²) in [6, 6.07) is 22.3. The smallest absolute Gasteiger partial charge is 0.277 e. The van der Waals surface area contributed by atoms with Gasteiger partial charge in [0.1, 0.15) is 11.0 Å². The number of methoxy groups -OCH3 is 2. The van der Waals surface area contributed by atoms with Crippen molar-refractivity contribution in [1.29, 1.82) is 0 Å². The monoisotopic (exact) mass is 453 g/mol. The van der Waals surface area contributed by atoms with Crippen LogP contribution in [0.15, 0.2) is 77.9 Å². The van der Waals surface area contributed by atoms with E-state index in [1.807, 2.05) is 36.4 Å². The van der Waals surface area contributed by atoms with Gasteiger partial charge in [-0.05, 0) is 48.7 Å². The molecule has 0 saturated heterocycles. The Morgan fingerprint density at radius 3 is 2.44 bits per heavy atom. The Morgan fingerprint density at radius 1 is 0.882 bits per heavy atom. The molecule has 0 fully saturated rings. The molecular formula is C28H27N3O3. The van der Waals surface area contributed by atoms with Crippen LogP contribution < -0.4 is 15.0 Å². The zero-order valence-corrected chi connectivity index (χ0v) is 19.6. The van der Waals surface area contributed by atoms with Gasteiger partial charge in [-0.15, -0.1) is 0 Å². The van der Waals surface area contributed by atoms with Gasteiger partial charge in [0, 0.05) is 18.5 Å². The zero-order valence-electron chi connectivity index (χ0n) is 19.6. The molecule has 3 aromatic carbocycles.